The lowest BCUT2D eigenvalue weighted by Crippen LogP contribution is -2.38. The van der Waals surface area contributed by atoms with Crippen LogP contribution in [0.5, 0.6) is 0 Å². The van der Waals surface area contributed by atoms with Crippen molar-refractivity contribution in [1.29, 1.82) is 0 Å². The number of aromatic nitrogens is 4. The average Bonchev–Trinajstić information content (AvgIpc) is 3.01. The second-order valence-corrected chi connectivity index (χ2v) is 7.14. The van der Waals surface area contributed by atoms with Crippen molar-refractivity contribution < 1.29 is 0 Å². The van der Waals surface area contributed by atoms with Gasteiger partial charge in [0.1, 0.15) is 0 Å². The molecule has 3 rings (SSSR count). The third-order valence-electron chi connectivity index (χ3n) is 4.89. The monoisotopic (exact) mass is 388 g/mol. The van der Waals surface area contributed by atoms with Crippen LogP contribution in [0.1, 0.15) is 38.2 Å². The second kappa shape index (κ2) is 8.57. The summed E-state index contributed by atoms with van der Waals surface area (Å²) in [6.45, 7) is 3.21. The summed E-state index contributed by atoms with van der Waals surface area (Å²) < 4.78 is 4.45. The third-order valence-corrected chi connectivity index (χ3v) is 5.17. The first kappa shape index (κ1) is 19.4. The maximum atomic E-state index is 12.8. The van der Waals surface area contributed by atoms with E-state index in [-0.39, 0.29) is 16.5 Å². The molecule has 144 valence electrons. The fourth-order valence-corrected chi connectivity index (χ4v) is 3.57. The Morgan fingerprint density at radius 1 is 1.00 bits per heavy atom. The Bertz CT molecular complexity index is 1030. The van der Waals surface area contributed by atoms with Crippen LogP contribution in [0.4, 0.5) is 0 Å². The molecule has 0 bridgehead atoms. The number of halogens is 1. The van der Waals surface area contributed by atoms with Gasteiger partial charge < -0.3 is 4.57 Å². The highest BCUT2D eigenvalue weighted by molar-refractivity contribution is 6.29. The standard InChI is InChI=1S/C20H25ClN4O2/c1-3-4-5-9-13-25-17-16(18(26)23(2)20(25)27)24(19(21)22-17)14-12-15-10-7-6-8-11-15/h6-8,10-11H,3-5,9,12-14H2,1-2H3. The van der Waals surface area contributed by atoms with Gasteiger partial charge in [-0.25, -0.2) is 4.79 Å². The summed E-state index contributed by atoms with van der Waals surface area (Å²) in [7, 11) is 1.51. The first-order valence-electron chi connectivity index (χ1n) is 9.44. The predicted octanol–water partition coefficient (Wildman–Crippen LogP) is 3.37. The molecule has 0 N–H and O–H groups in total. The first-order chi connectivity index (χ1) is 13.0. The van der Waals surface area contributed by atoms with E-state index in [4.69, 9.17) is 11.6 Å². The highest BCUT2D eigenvalue weighted by atomic mass is 35.5. The van der Waals surface area contributed by atoms with E-state index in [0.29, 0.717) is 24.3 Å². The normalized spacial score (nSPS) is 11.4. The Balaban J connectivity index is 2.00. The molecular weight excluding hydrogens is 364 g/mol. The van der Waals surface area contributed by atoms with Crippen LogP contribution in [-0.4, -0.2) is 18.7 Å². The fraction of sp³-hybridized carbons (Fsp3) is 0.450. The number of fused-ring (bicyclic) bond motifs is 1. The van der Waals surface area contributed by atoms with E-state index >= 15 is 0 Å². The molecule has 7 heteroatoms. The van der Waals surface area contributed by atoms with Crippen molar-refractivity contribution in [3.8, 4) is 0 Å². The molecule has 6 nitrogen and oxygen atoms in total. The molecule has 3 aromatic rings. The van der Waals surface area contributed by atoms with E-state index in [9.17, 15) is 9.59 Å². The van der Waals surface area contributed by atoms with Crippen LogP contribution in [-0.2, 0) is 26.6 Å². The molecular formula is C20H25ClN4O2. The zero-order valence-electron chi connectivity index (χ0n) is 15.8. The van der Waals surface area contributed by atoms with Crippen molar-refractivity contribution in [2.45, 2.75) is 52.1 Å². The zero-order valence-corrected chi connectivity index (χ0v) is 16.6. The molecule has 0 radical (unpaired) electrons. The van der Waals surface area contributed by atoms with Gasteiger partial charge in [0.2, 0.25) is 5.28 Å². The summed E-state index contributed by atoms with van der Waals surface area (Å²) >= 11 is 6.35. The van der Waals surface area contributed by atoms with Gasteiger partial charge in [-0.2, -0.15) is 4.98 Å². The van der Waals surface area contributed by atoms with E-state index in [1.54, 1.807) is 9.13 Å². The van der Waals surface area contributed by atoms with E-state index in [0.717, 1.165) is 42.2 Å². The molecule has 1 aromatic carbocycles. The maximum Gasteiger partial charge on any atom is 0.332 e. The van der Waals surface area contributed by atoms with Gasteiger partial charge in [0, 0.05) is 20.1 Å². The van der Waals surface area contributed by atoms with Gasteiger partial charge in [0.25, 0.3) is 5.56 Å². The lowest BCUT2D eigenvalue weighted by Gasteiger charge is -2.10. The van der Waals surface area contributed by atoms with Crippen molar-refractivity contribution in [3.63, 3.8) is 0 Å². The number of nitrogens with zero attached hydrogens (tertiary/aromatic N) is 4. The number of imidazole rings is 1. The maximum absolute atomic E-state index is 12.8. The van der Waals surface area contributed by atoms with Crippen molar-refractivity contribution in [2.24, 2.45) is 7.05 Å². The van der Waals surface area contributed by atoms with E-state index in [1.807, 2.05) is 30.3 Å². The molecule has 0 aliphatic heterocycles. The summed E-state index contributed by atoms with van der Waals surface area (Å²) in [5.41, 5.74) is 1.24. The van der Waals surface area contributed by atoms with Gasteiger partial charge in [-0.05, 0) is 30.0 Å². The SMILES string of the molecule is CCCCCCn1c(=O)n(C)c(=O)c2c1nc(Cl)n2CCc1ccccc1. The first-order valence-corrected chi connectivity index (χ1v) is 9.82. The van der Waals surface area contributed by atoms with Crippen LogP contribution in [0.3, 0.4) is 0 Å². The van der Waals surface area contributed by atoms with E-state index in [2.05, 4.69) is 11.9 Å². The Morgan fingerprint density at radius 3 is 2.44 bits per heavy atom. The fourth-order valence-electron chi connectivity index (χ4n) is 3.32. The van der Waals surface area contributed by atoms with Crippen LogP contribution >= 0.6 is 11.6 Å². The van der Waals surface area contributed by atoms with Crippen molar-refractivity contribution in [2.75, 3.05) is 0 Å². The average molecular weight is 389 g/mol. The second-order valence-electron chi connectivity index (χ2n) is 6.80. The summed E-state index contributed by atoms with van der Waals surface area (Å²) in [5, 5.41) is 0.242. The van der Waals surface area contributed by atoms with Gasteiger partial charge in [0.05, 0.1) is 0 Å². The molecule has 0 aliphatic carbocycles. The lowest BCUT2D eigenvalue weighted by atomic mass is 10.1. The van der Waals surface area contributed by atoms with Gasteiger partial charge in [0.15, 0.2) is 11.2 Å². The Labute approximate surface area is 163 Å². The highest BCUT2D eigenvalue weighted by Crippen LogP contribution is 2.17. The summed E-state index contributed by atoms with van der Waals surface area (Å²) in [5.74, 6) is 0. The molecule has 27 heavy (non-hydrogen) atoms. The number of rotatable bonds is 8. The summed E-state index contributed by atoms with van der Waals surface area (Å²) in [6.07, 6.45) is 4.88. The van der Waals surface area contributed by atoms with Crippen molar-refractivity contribution in [3.05, 3.63) is 62.0 Å². The van der Waals surface area contributed by atoms with Crippen LogP contribution in [0.15, 0.2) is 39.9 Å². The van der Waals surface area contributed by atoms with Crippen LogP contribution < -0.4 is 11.2 Å². The number of aryl methyl sites for hydroxylation is 3. The van der Waals surface area contributed by atoms with Gasteiger partial charge in [-0.15, -0.1) is 0 Å². The minimum atomic E-state index is -0.354. The van der Waals surface area contributed by atoms with Crippen LogP contribution in [0.25, 0.3) is 11.2 Å². The summed E-state index contributed by atoms with van der Waals surface area (Å²) in [6, 6.07) is 10.0. The molecule has 0 fully saturated rings. The molecule has 0 amide bonds. The van der Waals surface area contributed by atoms with Crippen molar-refractivity contribution >= 4 is 22.8 Å². The Morgan fingerprint density at radius 2 is 1.74 bits per heavy atom. The Hall–Kier alpha value is -2.34. The minimum Gasteiger partial charge on any atom is -0.308 e. The molecule has 0 saturated heterocycles. The van der Waals surface area contributed by atoms with Crippen LogP contribution in [0.2, 0.25) is 5.28 Å². The molecule has 2 heterocycles. The van der Waals surface area contributed by atoms with Gasteiger partial charge in [-0.1, -0.05) is 56.5 Å². The third kappa shape index (κ3) is 4.00. The predicted molar refractivity (Wildman–Crippen MR) is 109 cm³/mol. The highest BCUT2D eigenvalue weighted by Gasteiger charge is 2.19. The minimum absolute atomic E-state index is 0.242. The van der Waals surface area contributed by atoms with Crippen LogP contribution in [0, 0.1) is 0 Å². The molecule has 0 aliphatic rings. The lowest BCUT2D eigenvalue weighted by molar-refractivity contribution is 0.553. The summed E-state index contributed by atoms with van der Waals surface area (Å²) in [4.78, 5) is 29.7. The molecule has 2 aromatic heterocycles. The van der Waals surface area contributed by atoms with Gasteiger partial charge in [-0.3, -0.25) is 13.9 Å². The van der Waals surface area contributed by atoms with E-state index < -0.39 is 0 Å². The zero-order chi connectivity index (χ0) is 19.4. The number of hydrogen-bond acceptors (Lipinski definition) is 3. The molecule has 0 spiro atoms. The molecule has 0 unspecified atom stereocenters. The largest absolute Gasteiger partial charge is 0.332 e. The molecule has 0 saturated carbocycles. The van der Waals surface area contributed by atoms with Crippen molar-refractivity contribution in [1.82, 2.24) is 18.7 Å². The quantitative estimate of drug-likeness (QED) is 0.439. The molecule has 0 atom stereocenters. The smallest absolute Gasteiger partial charge is 0.308 e. The number of benzene rings is 1. The van der Waals surface area contributed by atoms with Gasteiger partial charge >= 0.3 is 5.69 Å². The number of unbranched alkanes of at least 4 members (excludes halogenated alkanes) is 3. The Kier molecular flexibility index (Phi) is 6.16. The van der Waals surface area contributed by atoms with E-state index in [1.165, 1.54) is 7.05 Å². The number of hydrogen-bond donors (Lipinski definition) is 0. The topological polar surface area (TPSA) is 61.8 Å².